The second-order valence-corrected chi connectivity index (χ2v) is 5.21. The van der Waals surface area contributed by atoms with Gasteiger partial charge in [-0.2, -0.15) is 0 Å². The molecule has 0 aliphatic heterocycles. The molecule has 0 fully saturated rings. The zero-order valence-corrected chi connectivity index (χ0v) is 13.7. The highest BCUT2D eigenvalue weighted by Crippen LogP contribution is 2.32. The molecule has 1 N–H and O–H groups in total. The summed E-state index contributed by atoms with van der Waals surface area (Å²) >= 11 is 0. The molecule has 4 nitrogen and oxygen atoms in total. The maximum atomic E-state index is 11.7. The molecule has 1 unspecified atom stereocenters. The minimum atomic E-state index is -0.0210. The van der Waals surface area contributed by atoms with E-state index in [9.17, 15) is 4.79 Å². The van der Waals surface area contributed by atoms with E-state index in [-0.39, 0.29) is 11.9 Å². The number of ether oxygens (including phenoxy) is 2. The Morgan fingerprint density at radius 3 is 2.24 bits per heavy atom. The molecule has 0 heterocycles. The van der Waals surface area contributed by atoms with E-state index in [0.29, 0.717) is 25.6 Å². The van der Waals surface area contributed by atoms with Crippen LogP contribution < -0.4 is 14.8 Å². The molecule has 0 radical (unpaired) electrons. The third kappa shape index (κ3) is 4.96. The van der Waals surface area contributed by atoms with Crippen LogP contribution in [-0.2, 0) is 4.79 Å². The topological polar surface area (TPSA) is 47.6 Å². The molecule has 1 atom stereocenters. The summed E-state index contributed by atoms with van der Waals surface area (Å²) in [6.07, 6.45) is 0.485. The third-order valence-corrected chi connectivity index (χ3v) is 3.23. The van der Waals surface area contributed by atoms with Gasteiger partial charge in [-0.05, 0) is 37.5 Å². The lowest BCUT2D eigenvalue weighted by Gasteiger charge is -2.24. The molecule has 0 spiro atoms. The van der Waals surface area contributed by atoms with Crippen LogP contribution in [0.2, 0.25) is 0 Å². The van der Waals surface area contributed by atoms with E-state index in [2.05, 4.69) is 19.2 Å². The van der Waals surface area contributed by atoms with Crippen LogP contribution in [0.5, 0.6) is 11.5 Å². The van der Waals surface area contributed by atoms with E-state index in [1.807, 2.05) is 39.0 Å². The second kappa shape index (κ2) is 8.55. The number of nitrogens with one attached hydrogen (secondary N) is 1. The maximum absolute atomic E-state index is 11.7. The standard InChI is InChI=1S/C17H27NO3/c1-6-16(19)18-17(12(4)5)13-9-10-14(20-7-2)15(11-13)21-8-3/h9-12,17H,6-8H2,1-5H3,(H,18,19). The van der Waals surface area contributed by atoms with Crippen LogP contribution in [0.4, 0.5) is 0 Å². The summed E-state index contributed by atoms with van der Waals surface area (Å²) in [4.78, 5) is 11.7. The van der Waals surface area contributed by atoms with Gasteiger partial charge in [-0.3, -0.25) is 4.79 Å². The smallest absolute Gasteiger partial charge is 0.220 e. The van der Waals surface area contributed by atoms with Crippen molar-refractivity contribution in [3.05, 3.63) is 23.8 Å². The minimum absolute atomic E-state index is 0.0210. The molecule has 0 aromatic heterocycles. The second-order valence-electron chi connectivity index (χ2n) is 5.21. The molecular formula is C17H27NO3. The van der Waals surface area contributed by atoms with E-state index in [4.69, 9.17) is 9.47 Å². The lowest BCUT2D eigenvalue weighted by atomic mass is 9.95. The van der Waals surface area contributed by atoms with Gasteiger partial charge in [-0.1, -0.05) is 26.8 Å². The van der Waals surface area contributed by atoms with Gasteiger partial charge in [-0.25, -0.2) is 0 Å². The van der Waals surface area contributed by atoms with Crippen LogP contribution in [0.25, 0.3) is 0 Å². The van der Waals surface area contributed by atoms with Gasteiger partial charge >= 0.3 is 0 Å². The summed E-state index contributed by atoms with van der Waals surface area (Å²) < 4.78 is 11.2. The number of hydrogen-bond acceptors (Lipinski definition) is 3. The Hall–Kier alpha value is -1.71. The SMILES string of the molecule is CCOc1ccc(C(NC(=O)CC)C(C)C)cc1OCC. The molecule has 1 rings (SSSR count). The number of hydrogen-bond donors (Lipinski definition) is 1. The Morgan fingerprint density at radius 2 is 1.71 bits per heavy atom. The zero-order valence-electron chi connectivity index (χ0n) is 13.7. The molecule has 0 saturated carbocycles. The quantitative estimate of drug-likeness (QED) is 0.795. The molecule has 1 amide bonds. The van der Waals surface area contributed by atoms with E-state index in [0.717, 1.165) is 17.1 Å². The third-order valence-electron chi connectivity index (χ3n) is 3.23. The summed E-state index contributed by atoms with van der Waals surface area (Å²) in [5.74, 6) is 1.83. The molecule has 4 heteroatoms. The summed E-state index contributed by atoms with van der Waals surface area (Å²) in [7, 11) is 0. The highest BCUT2D eigenvalue weighted by molar-refractivity contribution is 5.76. The molecule has 118 valence electrons. The fraction of sp³-hybridized carbons (Fsp3) is 0.588. The van der Waals surface area contributed by atoms with Crippen molar-refractivity contribution >= 4 is 5.91 Å². The van der Waals surface area contributed by atoms with Crippen molar-refractivity contribution in [1.29, 1.82) is 0 Å². The zero-order chi connectivity index (χ0) is 15.8. The predicted molar refractivity (Wildman–Crippen MR) is 84.8 cm³/mol. The highest BCUT2D eigenvalue weighted by Gasteiger charge is 2.19. The Morgan fingerprint density at radius 1 is 1.10 bits per heavy atom. The van der Waals surface area contributed by atoms with Crippen LogP contribution in [0.1, 0.15) is 52.6 Å². The summed E-state index contributed by atoms with van der Waals surface area (Å²) in [6, 6.07) is 5.85. The first kappa shape index (κ1) is 17.3. The Labute approximate surface area is 127 Å². The van der Waals surface area contributed by atoms with Gasteiger partial charge in [0, 0.05) is 6.42 Å². The van der Waals surface area contributed by atoms with Crippen LogP contribution in [0.15, 0.2) is 18.2 Å². The molecule has 0 bridgehead atoms. The van der Waals surface area contributed by atoms with Crippen molar-refractivity contribution in [2.24, 2.45) is 5.92 Å². The number of carbonyl (C=O) groups is 1. The monoisotopic (exact) mass is 293 g/mol. The van der Waals surface area contributed by atoms with Gasteiger partial charge in [0.15, 0.2) is 11.5 Å². The molecule has 21 heavy (non-hydrogen) atoms. The van der Waals surface area contributed by atoms with Crippen molar-refractivity contribution < 1.29 is 14.3 Å². The molecule has 1 aromatic rings. The van der Waals surface area contributed by atoms with Crippen LogP contribution in [0, 0.1) is 5.92 Å². The fourth-order valence-electron chi connectivity index (χ4n) is 2.17. The van der Waals surface area contributed by atoms with E-state index in [1.54, 1.807) is 0 Å². The van der Waals surface area contributed by atoms with Crippen LogP contribution >= 0.6 is 0 Å². The van der Waals surface area contributed by atoms with Gasteiger partial charge in [0.05, 0.1) is 19.3 Å². The number of rotatable bonds is 8. The average molecular weight is 293 g/mol. The van der Waals surface area contributed by atoms with Gasteiger partial charge in [-0.15, -0.1) is 0 Å². The van der Waals surface area contributed by atoms with Crippen LogP contribution in [0.3, 0.4) is 0 Å². The van der Waals surface area contributed by atoms with Crippen molar-refractivity contribution in [1.82, 2.24) is 5.32 Å². The molecule has 0 aliphatic rings. The van der Waals surface area contributed by atoms with Crippen molar-refractivity contribution in [2.45, 2.75) is 47.1 Å². The first-order chi connectivity index (χ1) is 10.0. The summed E-state index contributed by atoms with van der Waals surface area (Å²) in [5, 5.41) is 3.07. The normalized spacial score (nSPS) is 12.1. The first-order valence-corrected chi connectivity index (χ1v) is 7.72. The van der Waals surface area contributed by atoms with E-state index >= 15 is 0 Å². The van der Waals surface area contributed by atoms with Gasteiger partial charge in [0.2, 0.25) is 5.91 Å². The van der Waals surface area contributed by atoms with Gasteiger partial charge < -0.3 is 14.8 Å². The predicted octanol–water partition coefficient (Wildman–Crippen LogP) is 3.71. The number of benzene rings is 1. The van der Waals surface area contributed by atoms with Crippen LogP contribution in [-0.4, -0.2) is 19.1 Å². The molecule has 0 saturated heterocycles. The maximum Gasteiger partial charge on any atom is 0.220 e. The summed E-state index contributed by atoms with van der Waals surface area (Å²) in [6.45, 7) is 11.1. The Kier molecular flexibility index (Phi) is 7.06. The lowest BCUT2D eigenvalue weighted by Crippen LogP contribution is -2.31. The molecule has 1 aromatic carbocycles. The van der Waals surface area contributed by atoms with Gasteiger partial charge in [0.1, 0.15) is 0 Å². The van der Waals surface area contributed by atoms with Crippen molar-refractivity contribution in [3.8, 4) is 11.5 Å². The average Bonchev–Trinajstić information content (AvgIpc) is 2.46. The first-order valence-electron chi connectivity index (χ1n) is 7.72. The van der Waals surface area contributed by atoms with E-state index in [1.165, 1.54) is 0 Å². The number of amides is 1. The van der Waals surface area contributed by atoms with Crippen molar-refractivity contribution in [2.75, 3.05) is 13.2 Å². The largest absolute Gasteiger partial charge is 0.490 e. The summed E-state index contributed by atoms with van der Waals surface area (Å²) in [5.41, 5.74) is 1.04. The highest BCUT2D eigenvalue weighted by atomic mass is 16.5. The van der Waals surface area contributed by atoms with E-state index < -0.39 is 0 Å². The fourth-order valence-corrected chi connectivity index (χ4v) is 2.17. The lowest BCUT2D eigenvalue weighted by molar-refractivity contribution is -0.121. The Balaban J connectivity index is 3.07. The Bertz CT molecular complexity index is 457. The number of carbonyl (C=O) groups excluding carboxylic acids is 1. The van der Waals surface area contributed by atoms with Crippen molar-refractivity contribution in [3.63, 3.8) is 0 Å². The minimum Gasteiger partial charge on any atom is -0.490 e. The molecule has 0 aliphatic carbocycles. The molecular weight excluding hydrogens is 266 g/mol. The van der Waals surface area contributed by atoms with Gasteiger partial charge in [0.25, 0.3) is 0 Å².